The monoisotopic (exact) mass is 265 g/mol. The van der Waals surface area contributed by atoms with Gasteiger partial charge in [-0.3, -0.25) is 10.3 Å². The number of benzene rings is 1. The molecule has 1 aliphatic rings. The van der Waals surface area contributed by atoms with E-state index in [1.807, 2.05) is 0 Å². The average Bonchev–Trinajstić information content (AvgIpc) is 2.41. The lowest BCUT2D eigenvalue weighted by Gasteiger charge is -2.26. The van der Waals surface area contributed by atoms with Gasteiger partial charge in [-0.25, -0.2) is 4.39 Å². The van der Waals surface area contributed by atoms with Crippen LogP contribution in [0.15, 0.2) is 18.2 Å². The second-order valence-electron chi connectivity index (χ2n) is 4.80. The van der Waals surface area contributed by atoms with Gasteiger partial charge in [0.1, 0.15) is 24.0 Å². The minimum absolute atomic E-state index is 0.174. The van der Waals surface area contributed by atoms with Crippen molar-refractivity contribution in [1.29, 1.82) is 5.41 Å². The second kappa shape index (κ2) is 6.52. The zero-order valence-electron chi connectivity index (χ0n) is 11.0. The fourth-order valence-corrected chi connectivity index (χ4v) is 2.31. The third-order valence-corrected chi connectivity index (χ3v) is 3.35. The molecule has 0 atom stereocenters. The van der Waals surface area contributed by atoms with E-state index in [-0.39, 0.29) is 5.84 Å². The highest BCUT2D eigenvalue weighted by Crippen LogP contribution is 2.19. The number of amidine groups is 1. The summed E-state index contributed by atoms with van der Waals surface area (Å²) in [5.74, 6) is -0.105. The van der Waals surface area contributed by atoms with Crippen molar-refractivity contribution in [3.05, 3.63) is 29.6 Å². The van der Waals surface area contributed by atoms with Gasteiger partial charge in [0, 0.05) is 6.54 Å². The van der Waals surface area contributed by atoms with Gasteiger partial charge in [-0.05, 0) is 44.1 Å². The Kier molecular flexibility index (Phi) is 4.74. The lowest BCUT2D eigenvalue weighted by Crippen LogP contribution is -2.33. The molecule has 0 aromatic heterocycles. The number of hydrogen-bond donors (Lipinski definition) is 2. The summed E-state index contributed by atoms with van der Waals surface area (Å²) in [7, 11) is 0. The number of nitrogens with two attached hydrogens (primary N) is 1. The van der Waals surface area contributed by atoms with Gasteiger partial charge in [-0.1, -0.05) is 6.42 Å². The first-order chi connectivity index (χ1) is 9.16. The van der Waals surface area contributed by atoms with Crippen LogP contribution < -0.4 is 10.5 Å². The quantitative estimate of drug-likeness (QED) is 0.632. The van der Waals surface area contributed by atoms with E-state index < -0.39 is 5.82 Å². The summed E-state index contributed by atoms with van der Waals surface area (Å²) < 4.78 is 18.7. The Labute approximate surface area is 112 Å². The Balaban J connectivity index is 1.89. The molecule has 3 N–H and O–H groups in total. The molecule has 19 heavy (non-hydrogen) atoms. The van der Waals surface area contributed by atoms with Crippen molar-refractivity contribution in [2.24, 2.45) is 5.73 Å². The molecule has 0 amide bonds. The van der Waals surface area contributed by atoms with Gasteiger partial charge >= 0.3 is 0 Å². The first kappa shape index (κ1) is 13.8. The van der Waals surface area contributed by atoms with Gasteiger partial charge in [0.25, 0.3) is 0 Å². The minimum Gasteiger partial charge on any atom is -0.491 e. The second-order valence-corrected chi connectivity index (χ2v) is 4.80. The molecule has 0 saturated carbocycles. The molecule has 104 valence electrons. The summed E-state index contributed by atoms with van der Waals surface area (Å²) in [5, 5.41) is 7.42. The predicted molar refractivity (Wildman–Crippen MR) is 73.2 cm³/mol. The Morgan fingerprint density at radius 3 is 2.74 bits per heavy atom. The molecule has 0 bridgehead atoms. The molecule has 4 nitrogen and oxygen atoms in total. The number of ether oxygens (including phenoxy) is 1. The zero-order chi connectivity index (χ0) is 13.7. The minimum atomic E-state index is -0.409. The van der Waals surface area contributed by atoms with Gasteiger partial charge in [-0.2, -0.15) is 0 Å². The first-order valence-electron chi connectivity index (χ1n) is 6.66. The molecule has 1 heterocycles. The van der Waals surface area contributed by atoms with Crippen molar-refractivity contribution < 1.29 is 9.13 Å². The van der Waals surface area contributed by atoms with Gasteiger partial charge in [0.05, 0.1) is 5.56 Å². The maximum Gasteiger partial charge on any atom is 0.130 e. The number of rotatable bonds is 5. The van der Waals surface area contributed by atoms with Crippen LogP contribution in [0.3, 0.4) is 0 Å². The molecule has 0 aliphatic carbocycles. The largest absolute Gasteiger partial charge is 0.491 e. The van der Waals surface area contributed by atoms with Crippen molar-refractivity contribution in [3.8, 4) is 5.75 Å². The summed E-state index contributed by atoms with van der Waals surface area (Å²) in [5.41, 5.74) is 5.74. The van der Waals surface area contributed by atoms with Crippen LogP contribution in [0, 0.1) is 11.2 Å². The highest BCUT2D eigenvalue weighted by atomic mass is 19.1. The third kappa shape index (κ3) is 3.92. The lowest BCUT2D eigenvalue weighted by atomic mass is 10.1. The topological polar surface area (TPSA) is 62.3 Å². The Bertz CT molecular complexity index is 444. The number of halogens is 1. The van der Waals surface area contributed by atoms with Crippen LogP contribution in [0.25, 0.3) is 0 Å². The number of hydrogen-bond acceptors (Lipinski definition) is 3. The third-order valence-electron chi connectivity index (χ3n) is 3.35. The zero-order valence-corrected chi connectivity index (χ0v) is 11.0. The van der Waals surface area contributed by atoms with Crippen molar-refractivity contribution >= 4 is 5.84 Å². The van der Waals surface area contributed by atoms with Crippen LogP contribution in [-0.4, -0.2) is 37.0 Å². The normalized spacial score (nSPS) is 16.3. The Morgan fingerprint density at radius 1 is 1.32 bits per heavy atom. The Morgan fingerprint density at radius 2 is 2.05 bits per heavy atom. The molecule has 1 saturated heterocycles. The standard InChI is InChI=1S/C14H20FN3O/c15-11-4-5-13(12(10-11)14(16)17)19-9-8-18-6-2-1-3-7-18/h4-5,10H,1-3,6-9H2,(H3,16,17). The summed E-state index contributed by atoms with van der Waals surface area (Å²) in [4.78, 5) is 2.36. The van der Waals surface area contributed by atoms with E-state index in [2.05, 4.69) is 4.90 Å². The van der Waals surface area contributed by atoms with Crippen molar-refractivity contribution in [2.75, 3.05) is 26.2 Å². The molecular formula is C14H20FN3O. The van der Waals surface area contributed by atoms with Crippen LogP contribution in [-0.2, 0) is 0 Å². The molecular weight excluding hydrogens is 245 g/mol. The van der Waals surface area contributed by atoms with Crippen molar-refractivity contribution in [1.82, 2.24) is 4.90 Å². The summed E-state index contributed by atoms with van der Waals surface area (Å²) in [6.45, 7) is 3.62. The molecule has 5 heteroatoms. The van der Waals surface area contributed by atoms with Gasteiger partial charge in [0.2, 0.25) is 0 Å². The molecule has 0 spiro atoms. The maximum absolute atomic E-state index is 13.1. The van der Waals surface area contributed by atoms with Crippen molar-refractivity contribution in [3.63, 3.8) is 0 Å². The van der Waals surface area contributed by atoms with E-state index in [9.17, 15) is 4.39 Å². The molecule has 1 aromatic rings. The number of piperidine rings is 1. The summed E-state index contributed by atoms with van der Waals surface area (Å²) in [6.07, 6.45) is 3.80. The molecule has 2 rings (SSSR count). The van der Waals surface area contributed by atoms with Crippen molar-refractivity contribution in [2.45, 2.75) is 19.3 Å². The maximum atomic E-state index is 13.1. The van der Waals surface area contributed by atoms with Gasteiger partial charge in [0.15, 0.2) is 0 Å². The highest BCUT2D eigenvalue weighted by Gasteiger charge is 2.11. The first-order valence-corrected chi connectivity index (χ1v) is 6.66. The molecule has 1 aliphatic heterocycles. The molecule has 0 unspecified atom stereocenters. The molecule has 0 radical (unpaired) electrons. The van der Waals surface area contributed by atoms with E-state index in [1.54, 1.807) is 0 Å². The van der Waals surface area contributed by atoms with E-state index in [4.69, 9.17) is 15.9 Å². The fraction of sp³-hybridized carbons (Fsp3) is 0.500. The highest BCUT2D eigenvalue weighted by molar-refractivity contribution is 5.97. The van der Waals surface area contributed by atoms with Gasteiger partial charge in [-0.15, -0.1) is 0 Å². The fourth-order valence-electron chi connectivity index (χ4n) is 2.31. The van der Waals surface area contributed by atoms with Crippen LogP contribution in [0.4, 0.5) is 4.39 Å². The lowest BCUT2D eigenvalue weighted by molar-refractivity contribution is 0.183. The summed E-state index contributed by atoms with van der Waals surface area (Å²) >= 11 is 0. The number of nitrogen functional groups attached to an aromatic ring is 1. The Hall–Kier alpha value is -1.62. The molecule has 1 fully saturated rings. The van der Waals surface area contributed by atoms with E-state index >= 15 is 0 Å². The summed E-state index contributed by atoms with van der Waals surface area (Å²) in [6, 6.07) is 4.09. The average molecular weight is 265 g/mol. The molecule has 1 aromatic carbocycles. The number of likely N-dealkylation sites (tertiary alicyclic amines) is 1. The van der Waals surface area contributed by atoms with E-state index in [0.29, 0.717) is 17.9 Å². The smallest absolute Gasteiger partial charge is 0.130 e. The number of nitrogens with one attached hydrogen (secondary N) is 1. The SMILES string of the molecule is N=C(N)c1cc(F)ccc1OCCN1CCCCC1. The van der Waals surface area contributed by atoms with Gasteiger partial charge < -0.3 is 10.5 Å². The van der Waals surface area contributed by atoms with Crippen LogP contribution in [0.5, 0.6) is 5.75 Å². The van der Waals surface area contributed by atoms with E-state index in [1.165, 1.54) is 37.5 Å². The number of nitrogens with zero attached hydrogens (tertiary/aromatic N) is 1. The van der Waals surface area contributed by atoms with E-state index in [0.717, 1.165) is 19.6 Å². The predicted octanol–water partition coefficient (Wildman–Crippen LogP) is 1.97. The van der Waals surface area contributed by atoms with Crippen LogP contribution >= 0.6 is 0 Å². The van der Waals surface area contributed by atoms with Crippen LogP contribution in [0.2, 0.25) is 0 Å². The van der Waals surface area contributed by atoms with Crippen LogP contribution in [0.1, 0.15) is 24.8 Å².